The fourth-order valence-corrected chi connectivity index (χ4v) is 3.15. The molecule has 0 spiro atoms. The van der Waals surface area contributed by atoms with Crippen molar-refractivity contribution in [3.05, 3.63) is 46.1 Å². The highest BCUT2D eigenvalue weighted by molar-refractivity contribution is 9.10. The Morgan fingerprint density at radius 2 is 2.14 bits per heavy atom. The smallest absolute Gasteiger partial charge is 0.139 e. The average Bonchev–Trinajstić information content (AvgIpc) is 3.07. The minimum absolute atomic E-state index is 0.669. The van der Waals surface area contributed by atoms with Crippen LogP contribution in [0.3, 0.4) is 0 Å². The van der Waals surface area contributed by atoms with Gasteiger partial charge in [0.15, 0.2) is 0 Å². The van der Waals surface area contributed by atoms with Gasteiger partial charge in [0, 0.05) is 22.2 Å². The number of benzene rings is 1. The highest BCUT2D eigenvalue weighted by Crippen LogP contribution is 2.34. The molecule has 4 nitrogen and oxygen atoms in total. The van der Waals surface area contributed by atoms with E-state index in [1.807, 2.05) is 35.6 Å². The Morgan fingerprint density at radius 1 is 1.29 bits per heavy atom. The Kier molecular flexibility index (Phi) is 2.72. The molecule has 0 saturated carbocycles. The van der Waals surface area contributed by atoms with Crippen LogP contribution in [0, 0.1) is 6.92 Å². The summed E-state index contributed by atoms with van der Waals surface area (Å²) in [5.41, 5.74) is 11.3. The molecule has 2 N–H and O–H groups in total. The van der Waals surface area contributed by atoms with E-state index in [0.29, 0.717) is 5.82 Å². The van der Waals surface area contributed by atoms with Crippen molar-refractivity contribution in [1.82, 2.24) is 9.38 Å². The van der Waals surface area contributed by atoms with Crippen molar-refractivity contribution in [3.8, 4) is 17.0 Å². The molecule has 0 saturated heterocycles. The summed E-state index contributed by atoms with van der Waals surface area (Å²) in [6.07, 6.45) is 0.945. The predicted octanol–water partition coefficient (Wildman–Crippen LogP) is 3.59. The van der Waals surface area contributed by atoms with Gasteiger partial charge in [-0.25, -0.2) is 4.98 Å². The first-order chi connectivity index (χ1) is 10.1. The monoisotopic (exact) mass is 343 g/mol. The van der Waals surface area contributed by atoms with Crippen LogP contribution in [0.15, 0.2) is 34.8 Å². The zero-order chi connectivity index (χ0) is 14.6. The van der Waals surface area contributed by atoms with E-state index in [9.17, 15) is 0 Å². The number of anilines is 1. The summed E-state index contributed by atoms with van der Waals surface area (Å²) >= 11 is 3.54. The van der Waals surface area contributed by atoms with E-state index in [4.69, 9.17) is 10.5 Å². The van der Waals surface area contributed by atoms with Crippen LogP contribution < -0.4 is 10.5 Å². The van der Waals surface area contributed by atoms with E-state index in [1.54, 1.807) is 0 Å². The van der Waals surface area contributed by atoms with Gasteiger partial charge in [0.05, 0.1) is 6.61 Å². The molecule has 3 aromatic rings. The topological polar surface area (TPSA) is 52.5 Å². The molecular weight excluding hydrogens is 330 g/mol. The molecule has 3 heterocycles. The molecule has 1 aromatic carbocycles. The first kappa shape index (κ1) is 12.7. The Morgan fingerprint density at radius 3 is 3.00 bits per heavy atom. The third kappa shape index (κ3) is 1.84. The normalized spacial score (nSPS) is 13.4. The van der Waals surface area contributed by atoms with Crippen LogP contribution in [0.5, 0.6) is 5.75 Å². The molecule has 0 amide bonds. The van der Waals surface area contributed by atoms with Crippen LogP contribution in [0.1, 0.15) is 11.3 Å². The van der Waals surface area contributed by atoms with Crippen molar-refractivity contribution in [2.24, 2.45) is 0 Å². The molecule has 0 fully saturated rings. The van der Waals surface area contributed by atoms with Gasteiger partial charge in [-0.3, -0.25) is 4.40 Å². The van der Waals surface area contributed by atoms with Crippen LogP contribution in [0.4, 0.5) is 5.82 Å². The van der Waals surface area contributed by atoms with Crippen LogP contribution in [0.25, 0.3) is 16.9 Å². The summed E-state index contributed by atoms with van der Waals surface area (Å²) in [4.78, 5) is 4.69. The summed E-state index contributed by atoms with van der Waals surface area (Å²) in [6.45, 7) is 2.78. The lowest BCUT2D eigenvalue weighted by Gasteiger charge is -2.05. The van der Waals surface area contributed by atoms with E-state index in [1.165, 1.54) is 5.56 Å². The van der Waals surface area contributed by atoms with Gasteiger partial charge in [-0.05, 0) is 58.7 Å². The van der Waals surface area contributed by atoms with E-state index >= 15 is 0 Å². The maximum absolute atomic E-state index is 6.33. The maximum atomic E-state index is 6.33. The Bertz CT molecular complexity index is 870. The van der Waals surface area contributed by atoms with E-state index < -0.39 is 0 Å². The molecule has 0 bridgehead atoms. The van der Waals surface area contributed by atoms with Crippen LogP contribution in [-0.4, -0.2) is 16.0 Å². The number of nitrogen functional groups attached to an aromatic ring is 1. The molecule has 0 aliphatic carbocycles. The minimum atomic E-state index is 0.669. The van der Waals surface area contributed by atoms with E-state index in [-0.39, 0.29) is 0 Å². The van der Waals surface area contributed by atoms with Crippen molar-refractivity contribution in [3.63, 3.8) is 0 Å². The van der Waals surface area contributed by atoms with Crippen LogP contribution in [0.2, 0.25) is 0 Å². The van der Waals surface area contributed by atoms with Crippen molar-refractivity contribution in [2.45, 2.75) is 13.3 Å². The number of rotatable bonds is 1. The standard InChI is InChI=1S/C16H14BrN3O/c1-9-12(17)3-5-14-19-15(16(18)20(9)14)11-2-4-13-10(8-11)6-7-21-13/h2-5,8H,6-7,18H2,1H3. The van der Waals surface area contributed by atoms with Crippen LogP contribution >= 0.6 is 15.9 Å². The number of aryl methyl sites for hydroxylation is 1. The van der Waals surface area contributed by atoms with Crippen LogP contribution in [-0.2, 0) is 6.42 Å². The third-order valence-electron chi connectivity index (χ3n) is 3.96. The summed E-state index contributed by atoms with van der Waals surface area (Å²) in [7, 11) is 0. The molecule has 0 atom stereocenters. The third-order valence-corrected chi connectivity index (χ3v) is 4.80. The second-order valence-electron chi connectivity index (χ2n) is 5.23. The fourth-order valence-electron chi connectivity index (χ4n) is 2.84. The number of nitrogens with zero attached hydrogens (tertiary/aromatic N) is 2. The zero-order valence-electron chi connectivity index (χ0n) is 11.6. The molecule has 0 radical (unpaired) electrons. The maximum Gasteiger partial charge on any atom is 0.139 e. The number of ether oxygens (including phenoxy) is 1. The first-order valence-electron chi connectivity index (χ1n) is 6.84. The molecule has 106 valence electrons. The van der Waals surface area contributed by atoms with Gasteiger partial charge in [-0.2, -0.15) is 0 Å². The molecule has 21 heavy (non-hydrogen) atoms. The van der Waals surface area contributed by atoms with Crippen molar-refractivity contribution in [1.29, 1.82) is 0 Å². The van der Waals surface area contributed by atoms with E-state index in [2.05, 4.69) is 27.0 Å². The quantitative estimate of drug-likeness (QED) is 0.734. The lowest BCUT2D eigenvalue weighted by molar-refractivity contribution is 0.357. The van der Waals surface area contributed by atoms with Gasteiger partial charge in [0.1, 0.15) is 22.9 Å². The SMILES string of the molecule is Cc1c(Br)ccc2nc(-c3ccc4c(c3)CCO4)c(N)n12. The number of pyridine rings is 1. The Hall–Kier alpha value is -2.01. The predicted molar refractivity (Wildman–Crippen MR) is 86.7 cm³/mol. The van der Waals surface area contributed by atoms with Gasteiger partial charge in [0.25, 0.3) is 0 Å². The zero-order valence-corrected chi connectivity index (χ0v) is 13.1. The van der Waals surface area contributed by atoms with Crippen molar-refractivity contribution < 1.29 is 4.74 Å². The molecule has 0 unspecified atom stereocenters. The summed E-state index contributed by atoms with van der Waals surface area (Å²) in [5.74, 6) is 1.64. The van der Waals surface area contributed by atoms with Gasteiger partial charge < -0.3 is 10.5 Å². The van der Waals surface area contributed by atoms with Crippen molar-refractivity contribution in [2.75, 3.05) is 12.3 Å². The lowest BCUT2D eigenvalue weighted by Crippen LogP contribution is -1.98. The number of hydrogen-bond acceptors (Lipinski definition) is 3. The van der Waals surface area contributed by atoms with Crippen molar-refractivity contribution >= 4 is 27.4 Å². The number of nitrogens with two attached hydrogens (primary N) is 1. The van der Waals surface area contributed by atoms with E-state index in [0.717, 1.165) is 45.8 Å². The second kappa shape index (κ2) is 4.49. The number of imidazole rings is 1. The molecule has 2 aromatic heterocycles. The molecule has 1 aliphatic heterocycles. The van der Waals surface area contributed by atoms with Gasteiger partial charge in [-0.1, -0.05) is 0 Å². The lowest BCUT2D eigenvalue weighted by atomic mass is 10.1. The largest absolute Gasteiger partial charge is 0.493 e. The summed E-state index contributed by atoms with van der Waals surface area (Å²) in [5, 5.41) is 0. The Balaban J connectivity index is 1.95. The molecular formula is C16H14BrN3O. The fraction of sp³-hybridized carbons (Fsp3) is 0.188. The Labute approximate surface area is 130 Å². The molecule has 1 aliphatic rings. The number of hydrogen-bond donors (Lipinski definition) is 1. The first-order valence-corrected chi connectivity index (χ1v) is 7.63. The molecule has 4 rings (SSSR count). The summed E-state index contributed by atoms with van der Waals surface area (Å²) in [6, 6.07) is 10.1. The number of fused-ring (bicyclic) bond motifs is 2. The van der Waals surface area contributed by atoms with Gasteiger partial charge in [0.2, 0.25) is 0 Å². The minimum Gasteiger partial charge on any atom is -0.493 e. The summed E-state index contributed by atoms with van der Waals surface area (Å²) < 4.78 is 8.55. The second-order valence-corrected chi connectivity index (χ2v) is 6.08. The highest BCUT2D eigenvalue weighted by Gasteiger charge is 2.17. The number of aromatic nitrogens is 2. The highest BCUT2D eigenvalue weighted by atomic mass is 79.9. The number of halogens is 1. The molecule has 5 heteroatoms. The van der Waals surface area contributed by atoms with Gasteiger partial charge in [-0.15, -0.1) is 0 Å². The average molecular weight is 344 g/mol. The van der Waals surface area contributed by atoms with Gasteiger partial charge >= 0.3 is 0 Å².